The summed E-state index contributed by atoms with van der Waals surface area (Å²) in [6.07, 6.45) is 5.54. The van der Waals surface area contributed by atoms with Gasteiger partial charge in [0.05, 0.1) is 11.9 Å². The second-order valence-electron chi connectivity index (χ2n) is 6.09. The Hall–Kier alpha value is -1.81. The Morgan fingerprint density at radius 1 is 1.33 bits per heavy atom. The first-order valence-electron chi connectivity index (χ1n) is 7.72. The van der Waals surface area contributed by atoms with Gasteiger partial charge in [-0.25, -0.2) is 0 Å². The van der Waals surface area contributed by atoms with Gasteiger partial charge in [-0.3, -0.25) is 4.68 Å². The van der Waals surface area contributed by atoms with Crippen molar-refractivity contribution in [3.05, 3.63) is 47.3 Å². The van der Waals surface area contributed by atoms with Crippen LogP contribution in [0.5, 0.6) is 5.75 Å². The predicted molar refractivity (Wildman–Crippen MR) is 83.2 cm³/mol. The number of nitrogens with one attached hydrogen (secondary N) is 1. The number of nitrogens with zero attached hydrogens (tertiary/aromatic N) is 2. The smallest absolute Gasteiger partial charge is 0.115 e. The second kappa shape index (κ2) is 5.90. The molecule has 0 saturated heterocycles. The third kappa shape index (κ3) is 2.95. The number of rotatable bonds is 4. The maximum Gasteiger partial charge on any atom is 0.115 e. The fourth-order valence-corrected chi connectivity index (χ4v) is 3.08. The van der Waals surface area contributed by atoms with Gasteiger partial charge < -0.3 is 10.4 Å². The summed E-state index contributed by atoms with van der Waals surface area (Å²) >= 11 is 0. The molecule has 0 bridgehead atoms. The highest BCUT2D eigenvalue weighted by atomic mass is 16.3. The van der Waals surface area contributed by atoms with Gasteiger partial charge in [-0.05, 0) is 56.4 Å². The fourth-order valence-electron chi connectivity index (χ4n) is 3.08. The first kappa shape index (κ1) is 14.1. The van der Waals surface area contributed by atoms with E-state index in [2.05, 4.69) is 28.9 Å². The van der Waals surface area contributed by atoms with E-state index in [0.717, 1.165) is 19.4 Å². The summed E-state index contributed by atoms with van der Waals surface area (Å²) in [4.78, 5) is 0. The van der Waals surface area contributed by atoms with Crippen LogP contribution in [0.3, 0.4) is 0 Å². The Morgan fingerprint density at radius 3 is 2.81 bits per heavy atom. The molecule has 1 aromatic heterocycles. The molecule has 3 rings (SSSR count). The largest absolute Gasteiger partial charge is 0.508 e. The van der Waals surface area contributed by atoms with E-state index in [0.29, 0.717) is 17.8 Å². The van der Waals surface area contributed by atoms with Gasteiger partial charge in [-0.1, -0.05) is 12.1 Å². The molecule has 1 aliphatic rings. The van der Waals surface area contributed by atoms with Crippen LogP contribution in [0.1, 0.15) is 55.6 Å². The molecule has 0 aliphatic heterocycles. The van der Waals surface area contributed by atoms with Gasteiger partial charge in [-0.2, -0.15) is 5.10 Å². The number of hydrogen-bond acceptors (Lipinski definition) is 3. The molecule has 112 valence electrons. The van der Waals surface area contributed by atoms with Gasteiger partial charge in [0.25, 0.3) is 0 Å². The molecule has 2 aromatic rings. The summed E-state index contributed by atoms with van der Waals surface area (Å²) in [5, 5.41) is 17.6. The van der Waals surface area contributed by atoms with Crippen molar-refractivity contribution in [1.82, 2.24) is 15.1 Å². The van der Waals surface area contributed by atoms with Crippen molar-refractivity contribution in [2.24, 2.45) is 0 Å². The van der Waals surface area contributed by atoms with Gasteiger partial charge in [-0.15, -0.1) is 0 Å². The molecule has 0 amide bonds. The zero-order chi connectivity index (χ0) is 14.8. The van der Waals surface area contributed by atoms with E-state index < -0.39 is 0 Å². The van der Waals surface area contributed by atoms with Gasteiger partial charge in [0.1, 0.15) is 5.75 Å². The standard InChI is InChI=1S/C17H23N3O/c1-12(2)20-17-14(11-19-20)4-3-5-16(17)18-10-13-6-8-15(21)9-7-13/h6-9,11-12,16,18,21H,3-5,10H2,1-2H3. The number of phenols is 1. The molecule has 4 nitrogen and oxygen atoms in total. The number of aromatic hydroxyl groups is 1. The quantitative estimate of drug-likeness (QED) is 0.906. The van der Waals surface area contributed by atoms with Crippen molar-refractivity contribution in [3.8, 4) is 5.75 Å². The molecule has 1 aliphatic carbocycles. The maximum atomic E-state index is 9.34. The first-order chi connectivity index (χ1) is 10.1. The lowest BCUT2D eigenvalue weighted by molar-refractivity contribution is 0.401. The molecule has 0 spiro atoms. The zero-order valence-corrected chi connectivity index (χ0v) is 12.7. The Bertz CT molecular complexity index is 601. The van der Waals surface area contributed by atoms with Gasteiger partial charge in [0, 0.05) is 18.6 Å². The van der Waals surface area contributed by atoms with Crippen molar-refractivity contribution in [2.45, 2.75) is 51.7 Å². The molecule has 0 saturated carbocycles. The average Bonchev–Trinajstić information content (AvgIpc) is 2.91. The Balaban J connectivity index is 1.75. The molecule has 21 heavy (non-hydrogen) atoms. The SMILES string of the molecule is CC(C)n1ncc2c1C(NCc1ccc(O)cc1)CCC2. The minimum atomic E-state index is 0.316. The highest BCUT2D eigenvalue weighted by molar-refractivity contribution is 5.27. The number of fused-ring (bicyclic) bond motifs is 1. The van der Waals surface area contributed by atoms with Gasteiger partial charge >= 0.3 is 0 Å². The van der Waals surface area contributed by atoms with Crippen molar-refractivity contribution < 1.29 is 5.11 Å². The molecular weight excluding hydrogens is 262 g/mol. The first-order valence-corrected chi connectivity index (χ1v) is 7.72. The van der Waals surface area contributed by atoms with E-state index in [1.165, 1.54) is 23.2 Å². The minimum absolute atomic E-state index is 0.316. The number of benzene rings is 1. The monoisotopic (exact) mass is 285 g/mol. The Morgan fingerprint density at radius 2 is 2.10 bits per heavy atom. The van der Waals surface area contributed by atoms with Crippen LogP contribution in [0.15, 0.2) is 30.5 Å². The summed E-state index contributed by atoms with van der Waals surface area (Å²) in [6.45, 7) is 5.17. The predicted octanol–water partition coefficient (Wildman–Crippen LogP) is 3.34. The van der Waals surface area contributed by atoms with E-state index in [1.54, 1.807) is 12.1 Å². The summed E-state index contributed by atoms with van der Waals surface area (Å²) in [5.74, 6) is 0.316. The number of aromatic nitrogens is 2. The molecule has 1 heterocycles. The summed E-state index contributed by atoms with van der Waals surface area (Å²) in [7, 11) is 0. The van der Waals surface area contributed by atoms with E-state index in [-0.39, 0.29) is 0 Å². The molecule has 1 atom stereocenters. The highest BCUT2D eigenvalue weighted by Gasteiger charge is 2.25. The molecule has 0 radical (unpaired) electrons. The topological polar surface area (TPSA) is 50.1 Å². The third-order valence-electron chi connectivity index (χ3n) is 4.16. The van der Waals surface area contributed by atoms with E-state index in [1.807, 2.05) is 18.3 Å². The van der Waals surface area contributed by atoms with Crippen molar-refractivity contribution in [1.29, 1.82) is 0 Å². The number of phenolic OH excluding ortho intramolecular Hbond substituents is 1. The average molecular weight is 285 g/mol. The third-order valence-corrected chi connectivity index (χ3v) is 4.16. The zero-order valence-electron chi connectivity index (χ0n) is 12.7. The van der Waals surface area contributed by atoms with E-state index in [9.17, 15) is 5.11 Å². The molecular formula is C17H23N3O. The summed E-state index contributed by atoms with van der Waals surface area (Å²) < 4.78 is 2.16. The van der Waals surface area contributed by atoms with Crippen LogP contribution in [0, 0.1) is 0 Å². The maximum absolute atomic E-state index is 9.34. The van der Waals surface area contributed by atoms with Crippen molar-refractivity contribution in [2.75, 3.05) is 0 Å². The fraction of sp³-hybridized carbons (Fsp3) is 0.471. The summed E-state index contributed by atoms with van der Waals surface area (Å²) in [6, 6.07) is 8.17. The lowest BCUT2D eigenvalue weighted by Crippen LogP contribution is -2.27. The lowest BCUT2D eigenvalue weighted by atomic mass is 9.93. The van der Waals surface area contributed by atoms with Gasteiger partial charge in [0.2, 0.25) is 0 Å². The van der Waals surface area contributed by atoms with Gasteiger partial charge in [0.15, 0.2) is 0 Å². The molecule has 1 aromatic carbocycles. The highest BCUT2D eigenvalue weighted by Crippen LogP contribution is 2.31. The minimum Gasteiger partial charge on any atom is -0.508 e. The second-order valence-corrected chi connectivity index (χ2v) is 6.09. The van der Waals surface area contributed by atoms with Crippen LogP contribution in [0.2, 0.25) is 0 Å². The summed E-state index contributed by atoms with van der Waals surface area (Å²) in [5.41, 5.74) is 3.93. The van der Waals surface area contributed by atoms with Crippen molar-refractivity contribution in [3.63, 3.8) is 0 Å². The van der Waals surface area contributed by atoms with Crippen molar-refractivity contribution >= 4 is 0 Å². The molecule has 1 unspecified atom stereocenters. The molecule has 2 N–H and O–H groups in total. The normalized spacial score (nSPS) is 18.0. The van der Waals surface area contributed by atoms with Crippen LogP contribution in [0.4, 0.5) is 0 Å². The van der Waals surface area contributed by atoms with Crippen LogP contribution >= 0.6 is 0 Å². The van der Waals surface area contributed by atoms with Crippen LogP contribution in [-0.4, -0.2) is 14.9 Å². The van der Waals surface area contributed by atoms with E-state index in [4.69, 9.17) is 0 Å². The van der Waals surface area contributed by atoms with Crippen LogP contribution < -0.4 is 5.32 Å². The number of aryl methyl sites for hydroxylation is 1. The molecule has 0 fully saturated rings. The van der Waals surface area contributed by atoms with E-state index >= 15 is 0 Å². The Kier molecular flexibility index (Phi) is 3.97. The number of hydrogen-bond donors (Lipinski definition) is 2. The Labute approximate surface area is 125 Å². The molecule has 4 heteroatoms. The lowest BCUT2D eigenvalue weighted by Gasteiger charge is -2.26. The van der Waals surface area contributed by atoms with Crippen LogP contribution in [-0.2, 0) is 13.0 Å². The van der Waals surface area contributed by atoms with Crippen LogP contribution in [0.25, 0.3) is 0 Å².